The molecule has 15 heavy (non-hydrogen) atoms. The zero-order chi connectivity index (χ0) is 10.5. The minimum atomic E-state index is -0.192. The second-order valence-corrected chi connectivity index (χ2v) is 3.67. The van der Waals surface area contributed by atoms with Crippen LogP contribution >= 0.6 is 0 Å². The van der Waals surface area contributed by atoms with Gasteiger partial charge in [-0.15, -0.1) is 0 Å². The molecule has 0 radical (unpaired) electrons. The van der Waals surface area contributed by atoms with E-state index in [1.807, 2.05) is 0 Å². The van der Waals surface area contributed by atoms with Crippen molar-refractivity contribution in [1.29, 1.82) is 0 Å². The molecule has 2 rings (SSSR count). The Morgan fingerprint density at radius 3 is 2.80 bits per heavy atom. The topological polar surface area (TPSA) is 66.9 Å². The summed E-state index contributed by atoms with van der Waals surface area (Å²) in [6, 6.07) is 0.129. The molecule has 0 aliphatic heterocycles. The van der Waals surface area contributed by atoms with Gasteiger partial charge in [-0.2, -0.15) is 0 Å². The number of hydrogen-bond acceptors (Lipinski definition) is 3. The second kappa shape index (κ2) is 4.72. The number of urea groups is 1. The van der Waals surface area contributed by atoms with Crippen LogP contribution in [-0.2, 0) is 0 Å². The largest absolute Gasteiger partial charge is 0.335 e. The average Bonchev–Trinajstić information content (AvgIpc) is 2.71. The summed E-state index contributed by atoms with van der Waals surface area (Å²) < 4.78 is 0. The summed E-state index contributed by atoms with van der Waals surface area (Å²) in [6.07, 6.45) is 9.20. The van der Waals surface area contributed by atoms with Crippen LogP contribution in [0.15, 0.2) is 18.6 Å². The Balaban J connectivity index is 1.82. The van der Waals surface area contributed by atoms with Gasteiger partial charge in [0.2, 0.25) is 0 Å². The SMILES string of the molecule is O=C(Nc1cnccn1)NC1CCCC1. The lowest BCUT2D eigenvalue weighted by Gasteiger charge is -2.11. The van der Waals surface area contributed by atoms with Crippen LogP contribution in [0.2, 0.25) is 0 Å². The number of carbonyl (C=O) groups is 1. The normalized spacial score (nSPS) is 16.3. The Bertz CT molecular complexity index is 321. The van der Waals surface area contributed by atoms with Crippen molar-refractivity contribution in [1.82, 2.24) is 15.3 Å². The second-order valence-electron chi connectivity index (χ2n) is 3.67. The number of anilines is 1. The lowest BCUT2D eigenvalue weighted by Crippen LogP contribution is -2.36. The molecule has 1 saturated carbocycles. The van der Waals surface area contributed by atoms with E-state index in [0.29, 0.717) is 11.9 Å². The van der Waals surface area contributed by atoms with Gasteiger partial charge in [0.25, 0.3) is 0 Å². The van der Waals surface area contributed by atoms with Crippen molar-refractivity contribution in [2.24, 2.45) is 0 Å². The lowest BCUT2D eigenvalue weighted by atomic mass is 10.3. The monoisotopic (exact) mass is 206 g/mol. The van der Waals surface area contributed by atoms with Crippen molar-refractivity contribution in [2.45, 2.75) is 31.7 Å². The van der Waals surface area contributed by atoms with Crippen LogP contribution < -0.4 is 10.6 Å². The molecule has 5 heteroatoms. The van der Waals surface area contributed by atoms with Crippen molar-refractivity contribution in [3.63, 3.8) is 0 Å². The van der Waals surface area contributed by atoms with Gasteiger partial charge in [0, 0.05) is 18.4 Å². The molecule has 1 aromatic heterocycles. The van der Waals surface area contributed by atoms with Gasteiger partial charge in [-0.1, -0.05) is 12.8 Å². The third-order valence-corrected chi connectivity index (χ3v) is 2.50. The molecule has 5 nitrogen and oxygen atoms in total. The van der Waals surface area contributed by atoms with E-state index < -0.39 is 0 Å². The van der Waals surface area contributed by atoms with Crippen molar-refractivity contribution in [3.05, 3.63) is 18.6 Å². The molecule has 1 fully saturated rings. The Morgan fingerprint density at radius 1 is 1.33 bits per heavy atom. The fourth-order valence-corrected chi connectivity index (χ4v) is 1.77. The van der Waals surface area contributed by atoms with E-state index in [1.54, 1.807) is 12.4 Å². The summed E-state index contributed by atoms with van der Waals surface area (Å²) in [5.41, 5.74) is 0. The van der Waals surface area contributed by atoms with E-state index in [0.717, 1.165) is 12.8 Å². The predicted octanol–water partition coefficient (Wildman–Crippen LogP) is 1.54. The van der Waals surface area contributed by atoms with E-state index in [1.165, 1.54) is 19.0 Å². The fraction of sp³-hybridized carbons (Fsp3) is 0.500. The zero-order valence-electron chi connectivity index (χ0n) is 8.44. The third-order valence-electron chi connectivity index (χ3n) is 2.50. The Labute approximate surface area is 88.3 Å². The standard InChI is InChI=1S/C10H14N4O/c15-10(13-8-3-1-2-4-8)14-9-7-11-5-6-12-9/h5-8H,1-4H2,(H2,12,13,14,15). The number of aromatic nitrogens is 2. The number of hydrogen-bond donors (Lipinski definition) is 2. The molecular formula is C10H14N4O. The van der Waals surface area contributed by atoms with Gasteiger partial charge in [0.15, 0.2) is 5.82 Å². The fourth-order valence-electron chi connectivity index (χ4n) is 1.77. The third kappa shape index (κ3) is 2.90. The maximum absolute atomic E-state index is 11.5. The van der Waals surface area contributed by atoms with Gasteiger partial charge in [-0.25, -0.2) is 9.78 Å². The Morgan fingerprint density at radius 2 is 2.13 bits per heavy atom. The molecule has 0 saturated heterocycles. The first-order valence-electron chi connectivity index (χ1n) is 5.18. The van der Waals surface area contributed by atoms with Gasteiger partial charge in [0.1, 0.15) is 0 Å². The van der Waals surface area contributed by atoms with Gasteiger partial charge >= 0.3 is 6.03 Å². The molecule has 80 valence electrons. The first kappa shape index (κ1) is 9.89. The Hall–Kier alpha value is -1.65. The molecule has 1 heterocycles. The molecule has 2 amide bonds. The number of nitrogens with zero attached hydrogens (tertiary/aromatic N) is 2. The van der Waals surface area contributed by atoms with Crippen LogP contribution in [-0.4, -0.2) is 22.0 Å². The summed E-state index contributed by atoms with van der Waals surface area (Å²) in [6.45, 7) is 0. The molecule has 0 bridgehead atoms. The van der Waals surface area contributed by atoms with E-state index in [9.17, 15) is 4.79 Å². The molecule has 1 aliphatic rings. The summed E-state index contributed by atoms with van der Waals surface area (Å²) >= 11 is 0. The highest BCUT2D eigenvalue weighted by Gasteiger charge is 2.16. The lowest BCUT2D eigenvalue weighted by molar-refractivity contribution is 0.248. The minimum absolute atomic E-state index is 0.192. The summed E-state index contributed by atoms with van der Waals surface area (Å²) in [5, 5.41) is 5.55. The summed E-state index contributed by atoms with van der Waals surface area (Å²) in [4.78, 5) is 19.3. The number of nitrogens with one attached hydrogen (secondary N) is 2. The molecule has 0 aromatic carbocycles. The number of amides is 2. The van der Waals surface area contributed by atoms with Crippen LogP contribution in [0.25, 0.3) is 0 Å². The van der Waals surface area contributed by atoms with Crippen LogP contribution in [0.5, 0.6) is 0 Å². The van der Waals surface area contributed by atoms with Crippen LogP contribution in [0.3, 0.4) is 0 Å². The summed E-state index contributed by atoms with van der Waals surface area (Å²) in [7, 11) is 0. The van der Waals surface area contributed by atoms with Crippen LogP contribution in [0.1, 0.15) is 25.7 Å². The van der Waals surface area contributed by atoms with Crippen molar-refractivity contribution < 1.29 is 4.79 Å². The minimum Gasteiger partial charge on any atom is -0.335 e. The van der Waals surface area contributed by atoms with Gasteiger partial charge < -0.3 is 5.32 Å². The highest BCUT2D eigenvalue weighted by molar-refractivity contribution is 5.88. The highest BCUT2D eigenvalue weighted by atomic mass is 16.2. The predicted molar refractivity (Wildman–Crippen MR) is 56.4 cm³/mol. The molecule has 0 unspecified atom stereocenters. The summed E-state index contributed by atoms with van der Waals surface area (Å²) in [5.74, 6) is 0.480. The van der Waals surface area contributed by atoms with Crippen LogP contribution in [0.4, 0.5) is 10.6 Å². The van der Waals surface area contributed by atoms with Crippen molar-refractivity contribution in [2.75, 3.05) is 5.32 Å². The molecule has 1 aliphatic carbocycles. The van der Waals surface area contributed by atoms with E-state index in [-0.39, 0.29) is 6.03 Å². The highest BCUT2D eigenvalue weighted by Crippen LogP contribution is 2.17. The number of rotatable bonds is 2. The molecule has 1 aromatic rings. The zero-order valence-corrected chi connectivity index (χ0v) is 8.44. The van der Waals surface area contributed by atoms with E-state index in [4.69, 9.17) is 0 Å². The molecule has 0 atom stereocenters. The van der Waals surface area contributed by atoms with E-state index >= 15 is 0 Å². The number of carbonyl (C=O) groups excluding carboxylic acids is 1. The first-order chi connectivity index (χ1) is 7.34. The maximum atomic E-state index is 11.5. The van der Waals surface area contributed by atoms with Gasteiger partial charge in [0.05, 0.1) is 6.20 Å². The smallest absolute Gasteiger partial charge is 0.320 e. The average molecular weight is 206 g/mol. The van der Waals surface area contributed by atoms with Gasteiger partial charge in [-0.3, -0.25) is 10.3 Å². The van der Waals surface area contributed by atoms with Crippen molar-refractivity contribution in [3.8, 4) is 0 Å². The molecular weight excluding hydrogens is 192 g/mol. The van der Waals surface area contributed by atoms with Gasteiger partial charge in [-0.05, 0) is 12.8 Å². The van der Waals surface area contributed by atoms with Crippen molar-refractivity contribution >= 4 is 11.8 Å². The van der Waals surface area contributed by atoms with E-state index in [2.05, 4.69) is 20.6 Å². The Kier molecular flexibility index (Phi) is 3.11. The van der Waals surface area contributed by atoms with Crippen LogP contribution in [0, 0.1) is 0 Å². The maximum Gasteiger partial charge on any atom is 0.320 e. The first-order valence-corrected chi connectivity index (χ1v) is 5.18. The molecule has 0 spiro atoms. The molecule has 2 N–H and O–H groups in total. The quantitative estimate of drug-likeness (QED) is 0.771.